The first-order chi connectivity index (χ1) is 7.06. The molecular formula is C11H17NO2S. The van der Waals surface area contributed by atoms with Crippen LogP contribution in [0.2, 0.25) is 0 Å². The van der Waals surface area contributed by atoms with E-state index in [2.05, 4.69) is 0 Å². The molecule has 1 rings (SSSR count). The van der Waals surface area contributed by atoms with E-state index in [4.69, 9.17) is 0 Å². The second-order valence-electron chi connectivity index (χ2n) is 3.46. The summed E-state index contributed by atoms with van der Waals surface area (Å²) in [5.74, 6) is 0.165. The standard InChI is InChI=1S/C11H17NO2S/c1-3-15(13,14)12(2)10-9-11-7-5-4-6-8-11/h4-8H,3,9-10H2,1-2H3. The van der Waals surface area contributed by atoms with E-state index >= 15 is 0 Å². The molecule has 0 fully saturated rings. The average molecular weight is 227 g/mol. The lowest BCUT2D eigenvalue weighted by atomic mass is 10.2. The molecule has 0 N–H and O–H groups in total. The molecule has 15 heavy (non-hydrogen) atoms. The van der Waals surface area contributed by atoms with Crippen LogP contribution in [-0.4, -0.2) is 32.1 Å². The third-order valence-electron chi connectivity index (χ3n) is 2.40. The molecule has 4 heteroatoms. The van der Waals surface area contributed by atoms with Gasteiger partial charge in [-0.25, -0.2) is 12.7 Å². The van der Waals surface area contributed by atoms with Gasteiger partial charge in [-0.3, -0.25) is 0 Å². The van der Waals surface area contributed by atoms with Crippen LogP contribution < -0.4 is 0 Å². The van der Waals surface area contributed by atoms with Crippen LogP contribution in [0, 0.1) is 0 Å². The van der Waals surface area contributed by atoms with Crippen LogP contribution in [0.4, 0.5) is 0 Å². The fourth-order valence-corrected chi connectivity index (χ4v) is 2.10. The summed E-state index contributed by atoms with van der Waals surface area (Å²) in [4.78, 5) is 0. The molecule has 0 heterocycles. The number of sulfonamides is 1. The first kappa shape index (κ1) is 12.2. The molecule has 0 aliphatic carbocycles. The molecule has 0 aromatic heterocycles. The van der Waals surface area contributed by atoms with Crippen molar-refractivity contribution in [1.29, 1.82) is 0 Å². The van der Waals surface area contributed by atoms with Crippen LogP contribution in [0.1, 0.15) is 12.5 Å². The van der Waals surface area contributed by atoms with Gasteiger partial charge in [0.15, 0.2) is 0 Å². The lowest BCUT2D eigenvalue weighted by Crippen LogP contribution is -2.30. The quantitative estimate of drug-likeness (QED) is 0.764. The molecule has 0 saturated heterocycles. The van der Waals surface area contributed by atoms with Crippen molar-refractivity contribution in [2.24, 2.45) is 0 Å². The van der Waals surface area contributed by atoms with Crippen LogP contribution in [0.15, 0.2) is 30.3 Å². The molecule has 0 aliphatic rings. The summed E-state index contributed by atoms with van der Waals surface area (Å²) in [5, 5.41) is 0. The number of nitrogens with zero attached hydrogens (tertiary/aromatic N) is 1. The predicted octanol–water partition coefficient (Wildman–Crippen LogP) is 1.51. The van der Waals surface area contributed by atoms with Crippen LogP contribution in [0.25, 0.3) is 0 Å². The van der Waals surface area contributed by atoms with Crippen LogP contribution in [0.5, 0.6) is 0 Å². The summed E-state index contributed by atoms with van der Waals surface area (Å²) in [6.45, 7) is 2.20. The lowest BCUT2D eigenvalue weighted by Gasteiger charge is -2.15. The van der Waals surface area contributed by atoms with Crippen LogP contribution >= 0.6 is 0 Å². The molecule has 0 aliphatic heterocycles. The highest BCUT2D eigenvalue weighted by atomic mass is 32.2. The van der Waals surface area contributed by atoms with Gasteiger partial charge in [-0.1, -0.05) is 30.3 Å². The van der Waals surface area contributed by atoms with Crippen molar-refractivity contribution in [2.45, 2.75) is 13.3 Å². The molecule has 0 spiro atoms. The summed E-state index contributed by atoms with van der Waals surface area (Å²) >= 11 is 0. The van der Waals surface area contributed by atoms with E-state index in [0.29, 0.717) is 6.54 Å². The fraction of sp³-hybridized carbons (Fsp3) is 0.455. The second kappa shape index (κ2) is 5.28. The van der Waals surface area contributed by atoms with E-state index < -0.39 is 10.0 Å². The maximum absolute atomic E-state index is 11.4. The smallest absolute Gasteiger partial charge is 0.212 e. The maximum atomic E-state index is 11.4. The zero-order valence-corrected chi connectivity index (χ0v) is 10.00. The molecule has 3 nitrogen and oxygen atoms in total. The first-order valence-corrected chi connectivity index (χ1v) is 6.65. The molecule has 0 saturated carbocycles. The second-order valence-corrected chi connectivity index (χ2v) is 5.82. The highest BCUT2D eigenvalue weighted by molar-refractivity contribution is 7.89. The Balaban J connectivity index is 2.52. The van der Waals surface area contributed by atoms with Gasteiger partial charge in [0.05, 0.1) is 5.75 Å². The van der Waals surface area contributed by atoms with Gasteiger partial charge in [0.1, 0.15) is 0 Å². The van der Waals surface area contributed by atoms with Gasteiger partial charge < -0.3 is 0 Å². The molecule has 0 amide bonds. The van der Waals surface area contributed by atoms with E-state index in [1.165, 1.54) is 4.31 Å². The number of rotatable bonds is 5. The Kier molecular flexibility index (Phi) is 4.29. The normalized spacial score (nSPS) is 11.9. The number of benzene rings is 1. The third-order valence-corrected chi connectivity index (χ3v) is 4.26. The van der Waals surface area contributed by atoms with E-state index in [0.717, 1.165) is 12.0 Å². The monoisotopic (exact) mass is 227 g/mol. The maximum Gasteiger partial charge on any atom is 0.213 e. The Hall–Kier alpha value is -0.870. The zero-order valence-electron chi connectivity index (χ0n) is 9.18. The van der Waals surface area contributed by atoms with Gasteiger partial charge in [0.25, 0.3) is 0 Å². The minimum Gasteiger partial charge on any atom is -0.212 e. The topological polar surface area (TPSA) is 37.4 Å². The van der Waals surface area contributed by atoms with Crippen LogP contribution in [-0.2, 0) is 16.4 Å². The van der Waals surface area contributed by atoms with Crippen molar-refractivity contribution < 1.29 is 8.42 Å². The van der Waals surface area contributed by atoms with Gasteiger partial charge in [-0.05, 0) is 18.9 Å². The largest absolute Gasteiger partial charge is 0.213 e. The van der Waals surface area contributed by atoms with Crippen LogP contribution in [0.3, 0.4) is 0 Å². The van der Waals surface area contributed by atoms with Crippen molar-refractivity contribution in [3.05, 3.63) is 35.9 Å². The molecule has 0 bridgehead atoms. The summed E-state index contributed by atoms with van der Waals surface area (Å²) in [6, 6.07) is 9.89. The molecule has 0 unspecified atom stereocenters. The Morgan fingerprint density at radius 1 is 1.20 bits per heavy atom. The molecule has 1 aromatic rings. The lowest BCUT2D eigenvalue weighted by molar-refractivity contribution is 0.473. The highest BCUT2D eigenvalue weighted by Gasteiger charge is 2.13. The number of hydrogen-bond acceptors (Lipinski definition) is 2. The van der Waals surface area contributed by atoms with Crippen molar-refractivity contribution in [3.63, 3.8) is 0 Å². The summed E-state index contributed by atoms with van der Waals surface area (Å²) in [6.07, 6.45) is 0.760. The average Bonchev–Trinajstić information content (AvgIpc) is 2.27. The SMILES string of the molecule is CCS(=O)(=O)N(C)CCc1ccccc1. The van der Waals surface area contributed by atoms with E-state index in [1.807, 2.05) is 30.3 Å². The summed E-state index contributed by atoms with van der Waals surface area (Å²) < 4.78 is 24.3. The first-order valence-electron chi connectivity index (χ1n) is 5.04. The Morgan fingerprint density at radius 2 is 1.80 bits per heavy atom. The zero-order chi connectivity index (χ0) is 11.3. The third kappa shape index (κ3) is 3.64. The molecule has 0 radical (unpaired) electrons. The van der Waals surface area contributed by atoms with E-state index in [1.54, 1.807) is 14.0 Å². The van der Waals surface area contributed by atoms with Crippen molar-refractivity contribution in [1.82, 2.24) is 4.31 Å². The minimum atomic E-state index is -3.04. The summed E-state index contributed by atoms with van der Waals surface area (Å²) in [7, 11) is -1.41. The summed E-state index contributed by atoms with van der Waals surface area (Å²) in [5.41, 5.74) is 1.16. The van der Waals surface area contributed by atoms with Crippen molar-refractivity contribution >= 4 is 10.0 Å². The van der Waals surface area contributed by atoms with Gasteiger partial charge in [0, 0.05) is 13.6 Å². The van der Waals surface area contributed by atoms with Gasteiger partial charge in [-0.2, -0.15) is 0 Å². The van der Waals surface area contributed by atoms with Gasteiger partial charge in [0.2, 0.25) is 10.0 Å². The number of likely N-dealkylation sites (N-methyl/N-ethyl adjacent to an activating group) is 1. The molecule has 84 valence electrons. The Morgan fingerprint density at radius 3 is 2.33 bits per heavy atom. The fourth-order valence-electron chi connectivity index (χ4n) is 1.29. The Labute approximate surface area is 91.8 Å². The van der Waals surface area contributed by atoms with E-state index in [-0.39, 0.29) is 5.75 Å². The number of hydrogen-bond donors (Lipinski definition) is 0. The molecule has 0 atom stereocenters. The molecule has 1 aromatic carbocycles. The predicted molar refractivity (Wildman–Crippen MR) is 62.2 cm³/mol. The molecular weight excluding hydrogens is 210 g/mol. The Bertz CT molecular complexity index is 386. The minimum absolute atomic E-state index is 0.165. The van der Waals surface area contributed by atoms with Gasteiger partial charge in [-0.15, -0.1) is 0 Å². The highest BCUT2D eigenvalue weighted by Crippen LogP contribution is 2.03. The van der Waals surface area contributed by atoms with Crippen molar-refractivity contribution in [3.8, 4) is 0 Å². The van der Waals surface area contributed by atoms with Crippen molar-refractivity contribution in [2.75, 3.05) is 19.3 Å². The van der Waals surface area contributed by atoms with E-state index in [9.17, 15) is 8.42 Å². The van der Waals surface area contributed by atoms with Gasteiger partial charge >= 0.3 is 0 Å².